The summed E-state index contributed by atoms with van der Waals surface area (Å²) >= 11 is 0. The molecule has 0 radical (unpaired) electrons. The summed E-state index contributed by atoms with van der Waals surface area (Å²) in [6.45, 7) is 2.23. The van der Waals surface area contributed by atoms with Crippen molar-refractivity contribution >= 4 is 35.9 Å². The Labute approximate surface area is 143 Å². The molecule has 0 spiro atoms. The lowest BCUT2D eigenvalue weighted by atomic mass is 10.3. The Balaban J connectivity index is 1.70. The molecule has 0 aliphatic heterocycles. The van der Waals surface area contributed by atoms with Gasteiger partial charge in [-0.2, -0.15) is 0 Å². The first-order chi connectivity index (χ1) is 11.7. The van der Waals surface area contributed by atoms with E-state index in [1.54, 1.807) is 0 Å². The van der Waals surface area contributed by atoms with Gasteiger partial charge in [-0.15, -0.1) is 0 Å². The Morgan fingerprint density at radius 3 is 1.96 bits per heavy atom. The molecule has 2 N–H and O–H groups in total. The second-order valence-corrected chi connectivity index (χ2v) is 7.54. The van der Waals surface area contributed by atoms with Crippen LogP contribution in [0, 0.1) is 0 Å². The molecule has 0 aliphatic carbocycles. The van der Waals surface area contributed by atoms with Crippen LogP contribution in [0.15, 0.2) is 84.9 Å². The first kappa shape index (κ1) is 16.2. The number of rotatable bonds is 4. The number of benzene rings is 3. The zero-order valence-corrected chi connectivity index (χ0v) is 14.3. The normalized spacial score (nSPS) is 11.5. The van der Waals surface area contributed by atoms with Gasteiger partial charge in [0.05, 0.1) is 0 Å². The summed E-state index contributed by atoms with van der Waals surface area (Å²) in [5, 5.41) is 8.27. The van der Waals surface area contributed by atoms with Crippen LogP contribution in [-0.4, -0.2) is 12.7 Å². The number of para-hydroxylation sites is 1. The zero-order valence-electron chi connectivity index (χ0n) is 13.4. The second kappa shape index (κ2) is 7.76. The molecular weight excluding hydrogens is 315 g/mol. The SMILES string of the molecule is CP(c1ccccc1)c1cccc(NC(=O)Nc2ccccc2)c1. The third-order valence-corrected chi connectivity index (χ3v) is 5.79. The highest BCUT2D eigenvalue weighted by Crippen LogP contribution is 2.29. The summed E-state index contributed by atoms with van der Waals surface area (Å²) < 4.78 is 0. The number of nitrogens with one attached hydrogen (secondary N) is 2. The van der Waals surface area contributed by atoms with Crippen molar-refractivity contribution in [3.05, 3.63) is 84.9 Å². The van der Waals surface area contributed by atoms with Crippen LogP contribution in [-0.2, 0) is 0 Å². The van der Waals surface area contributed by atoms with Crippen molar-refractivity contribution in [1.82, 2.24) is 0 Å². The summed E-state index contributed by atoms with van der Waals surface area (Å²) in [5.41, 5.74) is 1.57. The van der Waals surface area contributed by atoms with E-state index < -0.39 is 7.92 Å². The van der Waals surface area contributed by atoms with Gasteiger partial charge in [-0.3, -0.25) is 0 Å². The second-order valence-electron chi connectivity index (χ2n) is 5.39. The van der Waals surface area contributed by atoms with E-state index in [0.29, 0.717) is 0 Å². The van der Waals surface area contributed by atoms with Crippen molar-refractivity contribution in [1.29, 1.82) is 0 Å². The molecule has 24 heavy (non-hydrogen) atoms. The van der Waals surface area contributed by atoms with Gasteiger partial charge in [-0.05, 0) is 49.5 Å². The average molecular weight is 334 g/mol. The molecule has 3 aromatic carbocycles. The summed E-state index contributed by atoms with van der Waals surface area (Å²) in [4.78, 5) is 12.1. The quantitative estimate of drug-likeness (QED) is 0.683. The van der Waals surface area contributed by atoms with Gasteiger partial charge in [0.1, 0.15) is 0 Å². The van der Waals surface area contributed by atoms with Crippen LogP contribution in [0.5, 0.6) is 0 Å². The van der Waals surface area contributed by atoms with E-state index in [1.165, 1.54) is 10.6 Å². The lowest BCUT2D eigenvalue weighted by Crippen LogP contribution is -2.20. The predicted molar refractivity (Wildman–Crippen MR) is 104 cm³/mol. The zero-order chi connectivity index (χ0) is 16.8. The third kappa shape index (κ3) is 4.21. The van der Waals surface area contributed by atoms with Crippen molar-refractivity contribution in [2.45, 2.75) is 0 Å². The number of carbonyl (C=O) groups is 1. The van der Waals surface area contributed by atoms with E-state index in [1.807, 2.05) is 54.6 Å². The molecule has 4 heteroatoms. The molecule has 0 heterocycles. The molecule has 120 valence electrons. The number of hydrogen-bond donors (Lipinski definition) is 2. The van der Waals surface area contributed by atoms with Gasteiger partial charge in [-0.25, -0.2) is 4.79 Å². The summed E-state index contributed by atoms with van der Waals surface area (Å²) in [5.74, 6) is 0. The van der Waals surface area contributed by atoms with Crippen molar-refractivity contribution in [2.75, 3.05) is 17.3 Å². The fraction of sp³-hybridized carbons (Fsp3) is 0.0500. The number of anilines is 2. The Morgan fingerprint density at radius 2 is 1.25 bits per heavy atom. The highest BCUT2D eigenvalue weighted by atomic mass is 31.1. The first-order valence-corrected chi connectivity index (χ1v) is 9.53. The summed E-state index contributed by atoms with van der Waals surface area (Å²) in [6, 6.07) is 27.7. The number of urea groups is 1. The Kier molecular flexibility index (Phi) is 5.25. The van der Waals surface area contributed by atoms with Crippen molar-refractivity contribution in [3.8, 4) is 0 Å². The van der Waals surface area contributed by atoms with Gasteiger partial charge < -0.3 is 10.6 Å². The van der Waals surface area contributed by atoms with Crippen LogP contribution >= 0.6 is 7.92 Å². The van der Waals surface area contributed by atoms with Crippen molar-refractivity contribution < 1.29 is 4.79 Å². The third-order valence-electron chi connectivity index (χ3n) is 3.67. The summed E-state index contributed by atoms with van der Waals surface area (Å²) in [6.07, 6.45) is 0. The maximum absolute atomic E-state index is 12.1. The first-order valence-electron chi connectivity index (χ1n) is 7.74. The number of carbonyl (C=O) groups excluding carboxylic acids is 1. The Bertz CT molecular complexity index is 806. The van der Waals surface area contributed by atoms with Gasteiger partial charge in [0.15, 0.2) is 0 Å². The molecule has 1 unspecified atom stereocenters. The van der Waals surface area contributed by atoms with Gasteiger partial charge >= 0.3 is 6.03 Å². The molecule has 0 bridgehead atoms. The van der Waals surface area contributed by atoms with E-state index in [0.717, 1.165) is 11.4 Å². The molecule has 0 saturated carbocycles. The van der Waals surface area contributed by atoms with E-state index in [4.69, 9.17) is 0 Å². The lowest BCUT2D eigenvalue weighted by molar-refractivity contribution is 0.262. The van der Waals surface area contributed by atoms with E-state index in [-0.39, 0.29) is 6.03 Å². The molecular formula is C20H19N2OP. The van der Waals surface area contributed by atoms with Gasteiger partial charge in [0, 0.05) is 11.4 Å². The molecule has 1 atom stereocenters. The monoisotopic (exact) mass is 334 g/mol. The minimum Gasteiger partial charge on any atom is -0.308 e. The molecule has 0 aromatic heterocycles. The lowest BCUT2D eigenvalue weighted by Gasteiger charge is -2.15. The number of amides is 2. The molecule has 2 amide bonds. The van der Waals surface area contributed by atoms with Gasteiger partial charge in [0.25, 0.3) is 0 Å². The minimum absolute atomic E-state index is 0.238. The molecule has 0 aliphatic rings. The largest absolute Gasteiger partial charge is 0.323 e. The van der Waals surface area contributed by atoms with E-state index in [9.17, 15) is 4.79 Å². The van der Waals surface area contributed by atoms with E-state index >= 15 is 0 Å². The standard InChI is InChI=1S/C20H19N2OP/c1-24(18-12-6-3-7-13-18)19-14-8-11-17(15-19)22-20(23)21-16-9-4-2-5-10-16/h2-15H,1H3,(H2,21,22,23). The maximum Gasteiger partial charge on any atom is 0.323 e. The fourth-order valence-corrected chi connectivity index (χ4v) is 3.97. The molecule has 3 aromatic rings. The van der Waals surface area contributed by atoms with Crippen LogP contribution in [0.25, 0.3) is 0 Å². The topological polar surface area (TPSA) is 41.1 Å². The smallest absolute Gasteiger partial charge is 0.308 e. The summed E-state index contributed by atoms with van der Waals surface area (Å²) in [7, 11) is -0.432. The number of hydrogen-bond acceptors (Lipinski definition) is 1. The molecule has 0 fully saturated rings. The van der Waals surface area contributed by atoms with Crippen LogP contribution in [0.3, 0.4) is 0 Å². The van der Waals surface area contributed by atoms with E-state index in [2.05, 4.69) is 47.6 Å². The predicted octanol–water partition coefficient (Wildman–Crippen LogP) is 4.39. The van der Waals surface area contributed by atoms with Crippen LogP contribution in [0.4, 0.5) is 16.2 Å². The van der Waals surface area contributed by atoms with Gasteiger partial charge in [-0.1, -0.05) is 60.7 Å². The minimum atomic E-state index is -0.432. The molecule has 3 rings (SSSR count). The average Bonchev–Trinajstić information content (AvgIpc) is 2.63. The van der Waals surface area contributed by atoms with Crippen LogP contribution < -0.4 is 21.2 Å². The highest BCUT2D eigenvalue weighted by molar-refractivity contribution is 7.72. The van der Waals surface area contributed by atoms with Crippen LogP contribution in [0.2, 0.25) is 0 Å². The molecule has 0 saturated heterocycles. The Morgan fingerprint density at radius 1 is 0.708 bits per heavy atom. The molecule has 3 nitrogen and oxygen atoms in total. The Hall–Kier alpha value is -2.64. The fourth-order valence-electron chi connectivity index (χ4n) is 2.41. The highest BCUT2D eigenvalue weighted by Gasteiger charge is 2.09. The van der Waals surface area contributed by atoms with Crippen LogP contribution in [0.1, 0.15) is 0 Å². The maximum atomic E-state index is 12.1. The van der Waals surface area contributed by atoms with Crippen molar-refractivity contribution in [2.24, 2.45) is 0 Å². The van der Waals surface area contributed by atoms with Crippen molar-refractivity contribution in [3.63, 3.8) is 0 Å². The van der Waals surface area contributed by atoms with Gasteiger partial charge in [0.2, 0.25) is 0 Å².